The molecular weight excluding hydrogens is 232 g/mol. The van der Waals surface area contributed by atoms with E-state index in [1.54, 1.807) is 0 Å². The molecule has 2 atom stereocenters. The molecule has 1 heterocycles. The van der Waals surface area contributed by atoms with Gasteiger partial charge in [0.15, 0.2) is 0 Å². The summed E-state index contributed by atoms with van der Waals surface area (Å²) in [5.41, 5.74) is 0. The van der Waals surface area contributed by atoms with Gasteiger partial charge in [-0.3, -0.25) is 9.69 Å². The van der Waals surface area contributed by atoms with Gasteiger partial charge in [-0.05, 0) is 26.2 Å². The summed E-state index contributed by atoms with van der Waals surface area (Å²) in [4.78, 5) is 14.1. The maximum Gasteiger partial charge on any atom is 0.324 e. The van der Waals surface area contributed by atoms with Crippen LogP contribution in [0.15, 0.2) is 0 Å². The van der Waals surface area contributed by atoms with Crippen LogP contribution in [-0.4, -0.2) is 62.4 Å². The normalized spacial score (nSPS) is 27.6. The topological polar surface area (TPSA) is 50.8 Å². The molecular formula is C13H24N2O3. The molecule has 0 aromatic rings. The maximum atomic E-state index is 11.8. The third kappa shape index (κ3) is 4.23. The summed E-state index contributed by atoms with van der Waals surface area (Å²) in [7, 11) is 1.46. The van der Waals surface area contributed by atoms with Gasteiger partial charge in [0.1, 0.15) is 6.04 Å². The average Bonchev–Trinajstić information content (AvgIpc) is 3.16. The van der Waals surface area contributed by atoms with E-state index in [-0.39, 0.29) is 18.1 Å². The summed E-state index contributed by atoms with van der Waals surface area (Å²) in [5.74, 6) is -0.153. The molecule has 0 amide bonds. The fourth-order valence-electron chi connectivity index (χ4n) is 2.38. The van der Waals surface area contributed by atoms with Crippen molar-refractivity contribution in [1.82, 2.24) is 10.2 Å². The Morgan fingerprint density at radius 2 is 2.33 bits per heavy atom. The number of carbonyl (C=O) groups excluding carboxylic acids is 1. The fourth-order valence-corrected chi connectivity index (χ4v) is 2.38. The molecule has 1 saturated carbocycles. The zero-order chi connectivity index (χ0) is 13.0. The summed E-state index contributed by atoms with van der Waals surface area (Å²) in [5, 5.41) is 3.37. The average molecular weight is 256 g/mol. The van der Waals surface area contributed by atoms with Gasteiger partial charge in [0.25, 0.3) is 0 Å². The smallest absolute Gasteiger partial charge is 0.324 e. The van der Waals surface area contributed by atoms with E-state index in [4.69, 9.17) is 9.47 Å². The highest BCUT2D eigenvalue weighted by atomic mass is 16.5. The Hall–Kier alpha value is -0.650. The summed E-state index contributed by atoms with van der Waals surface area (Å²) < 4.78 is 10.5. The molecule has 0 radical (unpaired) electrons. The van der Waals surface area contributed by atoms with E-state index in [1.165, 1.54) is 20.0 Å². The van der Waals surface area contributed by atoms with E-state index in [1.807, 2.05) is 0 Å². The molecule has 2 unspecified atom stereocenters. The lowest BCUT2D eigenvalue weighted by molar-refractivity contribution is -0.143. The van der Waals surface area contributed by atoms with Crippen molar-refractivity contribution in [2.45, 2.75) is 44.4 Å². The zero-order valence-electron chi connectivity index (χ0n) is 11.4. The quantitative estimate of drug-likeness (QED) is 0.721. The van der Waals surface area contributed by atoms with E-state index in [0.717, 1.165) is 32.7 Å². The van der Waals surface area contributed by atoms with Crippen LogP contribution in [-0.2, 0) is 14.3 Å². The van der Waals surface area contributed by atoms with E-state index in [0.29, 0.717) is 6.04 Å². The minimum Gasteiger partial charge on any atom is -0.468 e. The van der Waals surface area contributed by atoms with Crippen LogP contribution in [0.5, 0.6) is 0 Å². The van der Waals surface area contributed by atoms with Crippen LogP contribution in [0.4, 0.5) is 0 Å². The molecule has 5 nitrogen and oxygen atoms in total. The number of esters is 1. The molecule has 1 aliphatic carbocycles. The van der Waals surface area contributed by atoms with Crippen LogP contribution in [0.2, 0.25) is 0 Å². The van der Waals surface area contributed by atoms with Gasteiger partial charge in [-0.1, -0.05) is 0 Å². The SMILES string of the molecule is COC(=O)C(CN1CCCOC(C)C1)NC1CC1. The summed E-state index contributed by atoms with van der Waals surface area (Å²) >= 11 is 0. The van der Waals surface area contributed by atoms with Crippen molar-refractivity contribution in [3.05, 3.63) is 0 Å². The van der Waals surface area contributed by atoms with E-state index in [2.05, 4.69) is 17.1 Å². The van der Waals surface area contributed by atoms with Crippen LogP contribution in [0.3, 0.4) is 0 Å². The molecule has 1 N–H and O–H groups in total. The van der Waals surface area contributed by atoms with Gasteiger partial charge >= 0.3 is 5.97 Å². The molecule has 1 saturated heterocycles. The second kappa shape index (κ2) is 6.50. The van der Waals surface area contributed by atoms with Gasteiger partial charge in [-0.15, -0.1) is 0 Å². The molecule has 5 heteroatoms. The second-order valence-electron chi connectivity index (χ2n) is 5.31. The molecule has 0 aromatic heterocycles. The van der Waals surface area contributed by atoms with Crippen LogP contribution < -0.4 is 5.32 Å². The predicted octanol–water partition coefficient (Wildman–Crippen LogP) is 0.391. The van der Waals surface area contributed by atoms with Gasteiger partial charge in [-0.2, -0.15) is 0 Å². The number of rotatable bonds is 5. The fraction of sp³-hybridized carbons (Fsp3) is 0.923. The molecule has 2 aliphatic rings. The Bertz CT molecular complexity index is 281. The first-order valence-electron chi connectivity index (χ1n) is 6.87. The number of nitrogens with one attached hydrogen (secondary N) is 1. The van der Waals surface area contributed by atoms with Crippen molar-refractivity contribution in [2.24, 2.45) is 0 Å². The number of hydrogen-bond acceptors (Lipinski definition) is 5. The number of methoxy groups -OCH3 is 1. The van der Waals surface area contributed by atoms with Crippen LogP contribution in [0, 0.1) is 0 Å². The van der Waals surface area contributed by atoms with Gasteiger partial charge in [-0.25, -0.2) is 0 Å². The zero-order valence-corrected chi connectivity index (χ0v) is 11.4. The largest absolute Gasteiger partial charge is 0.468 e. The second-order valence-corrected chi connectivity index (χ2v) is 5.31. The van der Waals surface area contributed by atoms with Crippen LogP contribution in [0.25, 0.3) is 0 Å². The highest BCUT2D eigenvalue weighted by Crippen LogP contribution is 2.20. The molecule has 0 aromatic carbocycles. The van der Waals surface area contributed by atoms with Crippen molar-refractivity contribution in [2.75, 3.05) is 33.4 Å². The van der Waals surface area contributed by atoms with Crippen LogP contribution >= 0.6 is 0 Å². The van der Waals surface area contributed by atoms with Crippen LogP contribution in [0.1, 0.15) is 26.2 Å². The Labute approximate surface area is 109 Å². The van der Waals surface area contributed by atoms with E-state index >= 15 is 0 Å². The van der Waals surface area contributed by atoms with Gasteiger partial charge in [0.2, 0.25) is 0 Å². The summed E-state index contributed by atoms with van der Waals surface area (Å²) in [6.07, 6.45) is 3.62. The minimum absolute atomic E-state index is 0.153. The number of ether oxygens (including phenoxy) is 2. The Kier molecular flexibility index (Phi) is 4.97. The van der Waals surface area contributed by atoms with Gasteiger partial charge in [0.05, 0.1) is 13.2 Å². The van der Waals surface area contributed by atoms with Gasteiger partial charge < -0.3 is 14.8 Å². The summed E-state index contributed by atoms with van der Waals surface area (Å²) in [6.45, 7) is 5.50. The van der Waals surface area contributed by atoms with E-state index in [9.17, 15) is 4.79 Å². The Morgan fingerprint density at radius 1 is 1.56 bits per heavy atom. The van der Waals surface area contributed by atoms with Crippen molar-refractivity contribution in [3.8, 4) is 0 Å². The predicted molar refractivity (Wildman–Crippen MR) is 68.4 cm³/mol. The highest BCUT2D eigenvalue weighted by Gasteiger charge is 2.30. The Balaban J connectivity index is 1.87. The van der Waals surface area contributed by atoms with Gasteiger partial charge in [0, 0.05) is 32.3 Å². The molecule has 104 valence electrons. The third-order valence-electron chi connectivity index (χ3n) is 3.48. The highest BCUT2D eigenvalue weighted by molar-refractivity contribution is 5.76. The summed E-state index contributed by atoms with van der Waals surface area (Å²) in [6, 6.07) is 0.308. The number of hydrogen-bond donors (Lipinski definition) is 1. The minimum atomic E-state index is -0.201. The molecule has 1 aliphatic heterocycles. The van der Waals surface area contributed by atoms with Crippen molar-refractivity contribution in [1.29, 1.82) is 0 Å². The van der Waals surface area contributed by atoms with Crippen molar-refractivity contribution in [3.63, 3.8) is 0 Å². The molecule has 18 heavy (non-hydrogen) atoms. The number of nitrogens with zero attached hydrogens (tertiary/aromatic N) is 1. The lowest BCUT2D eigenvalue weighted by Crippen LogP contribution is -2.48. The first-order chi connectivity index (χ1) is 8.69. The first-order valence-corrected chi connectivity index (χ1v) is 6.87. The lowest BCUT2D eigenvalue weighted by Gasteiger charge is -2.26. The van der Waals surface area contributed by atoms with Crippen molar-refractivity contribution >= 4 is 5.97 Å². The standard InChI is InChI=1S/C13H24N2O3/c1-10-8-15(6-3-7-18-10)9-12(13(16)17-2)14-11-4-5-11/h10-12,14H,3-9H2,1-2H3. The van der Waals surface area contributed by atoms with E-state index < -0.39 is 0 Å². The molecule has 2 fully saturated rings. The monoisotopic (exact) mass is 256 g/mol. The third-order valence-corrected chi connectivity index (χ3v) is 3.48. The number of carbonyl (C=O) groups is 1. The van der Waals surface area contributed by atoms with Crippen molar-refractivity contribution < 1.29 is 14.3 Å². The molecule has 0 spiro atoms. The lowest BCUT2D eigenvalue weighted by atomic mass is 10.2. The molecule has 0 bridgehead atoms. The Morgan fingerprint density at radius 3 is 3.00 bits per heavy atom. The molecule has 2 rings (SSSR count). The first kappa shape index (κ1) is 13.8. The maximum absolute atomic E-state index is 11.8.